The van der Waals surface area contributed by atoms with Gasteiger partial charge in [0.25, 0.3) is 0 Å². The van der Waals surface area contributed by atoms with Crippen LogP contribution in [0.15, 0.2) is 23.1 Å². The van der Waals surface area contributed by atoms with Crippen molar-refractivity contribution in [2.45, 2.75) is 44.7 Å². The summed E-state index contributed by atoms with van der Waals surface area (Å²) in [5.41, 5.74) is 5.62. The lowest BCUT2D eigenvalue weighted by Gasteiger charge is -2.25. The second-order valence-electron chi connectivity index (χ2n) is 5.46. The van der Waals surface area contributed by atoms with Crippen LogP contribution >= 0.6 is 0 Å². The number of rotatable bonds is 6. The Labute approximate surface area is 120 Å². The van der Waals surface area contributed by atoms with Gasteiger partial charge in [0.05, 0.1) is 4.90 Å². The van der Waals surface area contributed by atoms with Gasteiger partial charge in [-0.2, -0.15) is 4.31 Å². The molecular weight excluding hydrogens is 279 g/mol. The van der Waals surface area contributed by atoms with Crippen LogP contribution in [-0.2, 0) is 16.6 Å². The summed E-state index contributed by atoms with van der Waals surface area (Å²) in [5.74, 6) is -0.0835. The van der Waals surface area contributed by atoms with Gasteiger partial charge in [-0.1, -0.05) is 13.8 Å². The quantitative estimate of drug-likeness (QED) is 0.877. The van der Waals surface area contributed by atoms with Gasteiger partial charge in [0, 0.05) is 25.2 Å². The molecule has 0 amide bonds. The summed E-state index contributed by atoms with van der Waals surface area (Å²) in [6.45, 7) is 5.92. The lowest BCUT2D eigenvalue weighted by atomic mass is 10.1. The smallest absolute Gasteiger partial charge is 0.243 e. The van der Waals surface area contributed by atoms with Crippen molar-refractivity contribution >= 4 is 10.0 Å². The van der Waals surface area contributed by atoms with E-state index in [1.54, 1.807) is 7.05 Å². The first kappa shape index (κ1) is 17.1. The summed E-state index contributed by atoms with van der Waals surface area (Å²) in [6.07, 6.45) is 0.765. The number of benzene rings is 1. The normalized spacial score (nSPS) is 14.0. The van der Waals surface area contributed by atoms with Gasteiger partial charge in [-0.25, -0.2) is 12.8 Å². The molecule has 2 N–H and O–H groups in total. The van der Waals surface area contributed by atoms with E-state index in [1.165, 1.54) is 16.4 Å². The maximum absolute atomic E-state index is 13.4. The topological polar surface area (TPSA) is 63.4 Å². The van der Waals surface area contributed by atoms with Crippen LogP contribution in [0.3, 0.4) is 0 Å². The van der Waals surface area contributed by atoms with E-state index in [0.29, 0.717) is 5.92 Å². The molecule has 0 aliphatic heterocycles. The highest BCUT2D eigenvalue weighted by Gasteiger charge is 2.26. The molecule has 0 radical (unpaired) electrons. The van der Waals surface area contributed by atoms with Gasteiger partial charge in [-0.05, 0) is 37.5 Å². The highest BCUT2D eigenvalue weighted by Crippen LogP contribution is 2.21. The van der Waals surface area contributed by atoms with Crippen molar-refractivity contribution < 1.29 is 12.8 Å². The Morgan fingerprint density at radius 1 is 1.30 bits per heavy atom. The van der Waals surface area contributed by atoms with Crippen molar-refractivity contribution in [3.63, 3.8) is 0 Å². The van der Waals surface area contributed by atoms with Crippen LogP contribution in [0.25, 0.3) is 0 Å². The molecule has 0 spiro atoms. The average molecular weight is 302 g/mol. The highest BCUT2D eigenvalue weighted by atomic mass is 32.2. The summed E-state index contributed by atoms with van der Waals surface area (Å²) in [5, 5.41) is 0. The number of nitrogens with two attached hydrogens (primary N) is 1. The van der Waals surface area contributed by atoms with E-state index in [1.807, 2.05) is 20.8 Å². The van der Waals surface area contributed by atoms with E-state index in [-0.39, 0.29) is 23.0 Å². The molecule has 6 heteroatoms. The molecule has 0 aromatic heterocycles. The summed E-state index contributed by atoms with van der Waals surface area (Å²) in [7, 11) is -2.07. The summed E-state index contributed by atoms with van der Waals surface area (Å²) < 4.78 is 39.7. The molecule has 0 saturated carbocycles. The van der Waals surface area contributed by atoms with E-state index in [0.717, 1.165) is 12.5 Å². The first-order valence-electron chi connectivity index (χ1n) is 6.66. The zero-order chi connectivity index (χ0) is 15.5. The number of nitrogens with zero attached hydrogens (tertiary/aromatic N) is 1. The van der Waals surface area contributed by atoms with Crippen molar-refractivity contribution in [2.24, 2.45) is 11.7 Å². The van der Waals surface area contributed by atoms with E-state index < -0.39 is 15.8 Å². The first-order valence-corrected chi connectivity index (χ1v) is 8.10. The molecule has 0 saturated heterocycles. The molecule has 20 heavy (non-hydrogen) atoms. The van der Waals surface area contributed by atoms with Crippen molar-refractivity contribution in [3.8, 4) is 0 Å². The van der Waals surface area contributed by atoms with Crippen LogP contribution in [0.4, 0.5) is 4.39 Å². The Kier molecular flexibility index (Phi) is 5.68. The summed E-state index contributed by atoms with van der Waals surface area (Å²) in [6, 6.07) is 3.62. The molecule has 0 aliphatic carbocycles. The van der Waals surface area contributed by atoms with Gasteiger partial charge in [0.2, 0.25) is 10.0 Å². The molecule has 0 aliphatic rings. The van der Waals surface area contributed by atoms with E-state index in [4.69, 9.17) is 5.73 Å². The fraction of sp³-hybridized carbons (Fsp3) is 0.571. The van der Waals surface area contributed by atoms with E-state index >= 15 is 0 Å². The largest absolute Gasteiger partial charge is 0.326 e. The third kappa shape index (κ3) is 3.77. The zero-order valence-corrected chi connectivity index (χ0v) is 13.2. The predicted molar refractivity (Wildman–Crippen MR) is 78.2 cm³/mol. The number of sulfonamides is 1. The molecule has 1 aromatic carbocycles. The van der Waals surface area contributed by atoms with Gasteiger partial charge in [-0.3, -0.25) is 0 Å². The fourth-order valence-corrected chi connectivity index (χ4v) is 3.53. The number of hydrogen-bond acceptors (Lipinski definition) is 3. The minimum Gasteiger partial charge on any atom is -0.326 e. The number of halogens is 1. The fourth-order valence-electron chi connectivity index (χ4n) is 2.10. The molecular formula is C14H23FN2O2S. The summed E-state index contributed by atoms with van der Waals surface area (Å²) in [4.78, 5) is 0.0810. The zero-order valence-electron chi connectivity index (χ0n) is 12.4. The standard InChI is InChI=1S/C14H23FN2O2S/c1-10(2)7-11(3)17(4)20(18,19)13-5-6-14(15)12(8-13)9-16/h5-6,8,10-11H,7,9,16H2,1-4H3. The SMILES string of the molecule is CC(C)CC(C)N(C)S(=O)(=O)c1ccc(F)c(CN)c1. The van der Waals surface area contributed by atoms with Crippen molar-refractivity contribution in [3.05, 3.63) is 29.6 Å². The first-order chi connectivity index (χ1) is 9.20. The van der Waals surface area contributed by atoms with Crippen molar-refractivity contribution in [1.82, 2.24) is 4.31 Å². The van der Waals surface area contributed by atoms with Crippen LogP contribution in [0.2, 0.25) is 0 Å². The Bertz CT molecular complexity index is 558. The highest BCUT2D eigenvalue weighted by molar-refractivity contribution is 7.89. The Hall–Kier alpha value is -0.980. The minimum absolute atomic E-state index is 0.0273. The lowest BCUT2D eigenvalue weighted by Crippen LogP contribution is -2.36. The van der Waals surface area contributed by atoms with Gasteiger partial charge >= 0.3 is 0 Å². The number of hydrogen-bond donors (Lipinski definition) is 1. The van der Waals surface area contributed by atoms with Gasteiger partial charge in [0.1, 0.15) is 5.82 Å². The Balaban J connectivity index is 3.10. The predicted octanol–water partition coefficient (Wildman–Crippen LogP) is 2.34. The third-order valence-corrected chi connectivity index (χ3v) is 5.32. The maximum Gasteiger partial charge on any atom is 0.243 e. The average Bonchev–Trinajstić information content (AvgIpc) is 2.37. The molecule has 0 heterocycles. The van der Waals surface area contributed by atoms with Gasteiger partial charge < -0.3 is 5.73 Å². The molecule has 1 aromatic rings. The second-order valence-corrected chi connectivity index (χ2v) is 7.45. The molecule has 1 unspecified atom stereocenters. The molecule has 114 valence electrons. The van der Waals surface area contributed by atoms with Gasteiger partial charge in [-0.15, -0.1) is 0 Å². The third-order valence-electron chi connectivity index (χ3n) is 3.35. The van der Waals surface area contributed by atoms with Crippen molar-refractivity contribution in [2.75, 3.05) is 7.05 Å². The Morgan fingerprint density at radius 3 is 2.40 bits per heavy atom. The van der Waals surface area contributed by atoms with Crippen LogP contribution in [0.5, 0.6) is 0 Å². The van der Waals surface area contributed by atoms with Crippen LogP contribution < -0.4 is 5.73 Å². The Morgan fingerprint density at radius 2 is 1.90 bits per heavy atom. The summed E-state index contributed by atoms with van der Waals surface area (Å²) >= 11 is 0. The molecule has 1 rings (SSSR count). The van der Waals surface area contributed by atoms with Crippen molar-refractivity contribution in [1.29, 1.82) is 0 Å². The van der Waals surface area contributed by atoms with Gasteiger partial charge in [0.15, 0.2) is 0 Å². The second kappa shape index (κ2) is 6.65. The maximum atomic E-state index is 13.4. The molecule has 1 atom stereocenters. The lowest BCUT2D eigenvalue weighted by molar-refractivity contribution is 0.338. The molecule has 4 nitrogen and oxygen atoms in total. The van der Waals surface area contributed by atoms with E-state index in [2.05, 4.69) is 0 Å². The minimum atomic E-state index is -3.62. The van der Waals surface area contributed by atoms with E-state index in [9.17, 15) is 12.8 Å². The van der Waals surface area contributed by atoms with Crippen LogP contribution in [-0.4, -0.2) is 25.8 Å². The molecule has 0 fully saturated rings. The van der Waals surface area contributed by atoms with Crippen LogP contribution in [0, 0.1) is 11.7 Å². The van der Waals surface area contributed by atoms with Crippen LogP contribution in [0.1, 0.15) is 32.8 Å². The monoisotopic (exact) mass is 302 g/mol. The molecule has 0 bridgehead atoms.